The van der Waals surface area contributed by atoms with E-state index in [4.69, 9.17) is 0 Å². The van der Waals surface area contributed by atoms with E-state index in [1.54, 1.807) is 36.4 Å². The molecule has 0 aliphatic rings. The van der Waals surface area contributed by atoms with Crippen LogP contribution in [0.4, 0.5) is 13.2 Å². The molecule has 0 unspecified atom stereocenters. The van der Waals surface area contributed by atoms with Gasteiger partial charge >= 0.3 is 0 Å². The molecule has 4 heteroatoms. The van der Waals surface area contributed by atoms with E-state index in [1.807, 2.05) is 38.2 Å². The van der Waals surface area contributed by atoms with Crippen molar-refractivity contribution < 1.29 is 13.2 Å². The maximum Gasteiger partial charge on any atom is 0.167 e. The summed E-state index contributed by atoms with van der Waals surface area (Å²) in [5.74, 6) is -2.40. The normalized spacial score (nSPS) is 10.8. The zero-order valence-corrected chi connectivity index (χ0v) is 15.2. The third-order valence-corrected chi connectivity index (χ3v) is 4.81. The van der Waals surface area contributed by atoms with Crippen molar-refractivity contribution in [3.05, 3.63) is 102 Å². The molecule has 0 radical (unpaired) electrons. The summed E-state index contributed by atoms with van der Waals surface area (Å²) >= 11 is 0. The summed E-state index contributed by atoms with van der Waals surface area (Å²) in [4.78, 5) is 0. The molecule has 0 fully saturated rings. The molecular formula is C24H16BF3. The van der Waals surface area contributed by atoms with E-state index in [-0.39, 0.29) is 11.1 Å². The van der Waals surface area contributed by atoms with E-state index in [0.29, 0.717) is 16.7 Å². The van der Waals surface area contributed by atoms with Gasteiger partial charge in [-0.25, -0.2) is 13.2 Å². The number of benzene rings is 4. The first-order chi connectivity index (χ1) is 13.5. The Kier molecular flexibility index (Phi) is 4.78. The maximum atomic E-state index is 14.7. The van der Waals surface area contributed by atoms with E-state index in [9.17, 15) is 13.2 Å². The second-order valence-corrected chi connectivity index (χ2v) is 6.72. The number of halogens is 3. The summed E-state index contributed by atoms with van der Waals surface area (Å²) in [5.41, 5.74) is 3.34. The lowest BCUT2D eigenvalue weighted by Crippen LogP contribution is -1.99. The van der Waals surface area contributed by atoms with Crippen LogP contribution in [0.25, 0.3) is 33.4 Å². The van der Waals surface area contributed by atoms with Crippen molar-refractivity contribution in [1.29, 1.82) is 0 Å². The number of hydrogen-bond donors (Lipinski definition) is 0. The Morgan fingerprint density at radius 2 is 1.00 bits per heavy atom. The van der Waals surface area contributed by atoms with Gasteiger partial charge < -0.3 is 0 Å². The molecule has 4 aromatic carbocycles. The standard InChI is InChI=1S/C24H16BF3/c25-18-9-6-16(7-10-18)19-11-8-17(14-22(19)26)21-13-12-20(23(27)24(21)28)15-4-2-1-3-5-15/h1-14H,25H2. The second-order valence-electron chi connectivity index (χ2n) is 6.72. The van der Waals surface area contributed by atoms with Crippen LogP contribution >= 0.6 is 0 Å². The smallest absolute Gasteiger partial charge is 0.167 e. The minimum atomic E-state index is -0.983. The third-order valence-electron chi connectivity index (χ3n) is 4.81. The molecule has 0 aromatic heterocycles. The van der Waals surface area contributed by atoms with Crippen LogP contribution < -0.4 is 5.46 Å². The lowest BCUT2D eigenvalue weighted by Gasteiger charge is -2.11. The van der Waals surface area contributed by atoms with Crippen molar-refractivity contribution in [2.24, 2.45) is 0 Å². The lowest BCUT2D eigenvalue weighted by molar-refractivity contribution is 0.513. The Morgan fingerprint density at radius 1 is 0.500 bits per heavy atom. The SMILES string of the molecule is Bc1ccc(-c2ccc(-c3ccc(-c4ccccc4)c(F)c3F)cc2F)cc1. The van der Waals surface area contributed by atoms with Gasteiger partial charge in [-0.2, -0.15) is 0 Å². The molecule has 4 rings (SSSR count). The Labute approximate surface area is 162 Å². The molecule has 28 heavy (non-hydrogen) atoms. The fourth-order valence-electron chi connectivity index (χ4n) is 3.26. The lowest BCUT2D eigenvalue weighted by atomic mass is 9.92. The fraction of sp³-hybridized carbons (Fsp3) is 0. The summed E-state index contributed by atoms with van der Waals surface area (Å²) < 4.78 is 44.1. The Balaban J connectivity index is 1.74. The van der Waals surface area contributed by atoms with Gasteiger partial charge in [0.15, 0.2) is 11.6 Å². The molecule has 4 aromatic rings. The van der Waals surface area contributed by atoms with Crippen LogP contribution in [0, 0.1) is 17.5 Å². The second kappa shape index (κ2) is 7.39. The van der Waals surface area contributed by atoms with Gasteiger partial charge in [0.2, 0.25) is 0 Å². The molecule has 0 aliphatic heterocycles. The summed E-state index contributed by atoms with van der Waals surface area (Å²) in [6, 6.07) is 23.7. The Hall–Kier alpha value is -3.27. The molecule has 0 bridgehead atoms. The maximum absolute atomic E-state index is 14.7. The monoisotopic (exact) mass is 372 g/mol. The highest BCUT2D eigenvalue weighted by atomic mass is 19.2. The van der Waals surface area contributed by atoms with Gasteiger partial charge in [-0.3, -0.25) is 0 Å². The first-order valence-corrected chi connectivity index (χ1v) is 8.95. The summed E-state index contributed by atoms with van der Waals surface area (Å²) in [6.07, 6.45) is 0. The predicted octanol–water partition coefficient (Wildman–Crippen LogP) is 5.36. The molecule has 0 aliphatic carbocycles. The molecule has 0 N–H and O–H groups in total. The molecule has 0 nitrogen and oxygen atoms in total. The molecule has 0 amide bonds. The third kappa shape index (κ3) is 3.34. The van der Waals surface area contributed by atoms with Gasteiger partial charge in [0.05, 0.1) is 0 Å². The highest BCUT2D eigenvalue weighted by Gasteiger charge is 2.17. The van der Waals surface area contributed by atoms with Crippen LogP contribution in [0.3, 0.4) is 0 Å². The van der Waals surface area contributed by atoms with Crippen molar-refractivity contribution in [3.63, 3.8) is 0 Å². The van der Waals surface area contributed by atoms with Gasteiger partial charge in [0.1, 0.15) is 13.7 Å². The van der Waals surface area contributed by atoms with Crippen LogP contribution in [-0.4, -0.2) is 7.85 Å². The quantitative estimate of drug-likeness (QED) is 0.425. The molecule has 0 heterocycles. The highest BCUT2D eigenvalue weighted by molar-refractivity contribution is 6.32. The molecule has 0 saturated carbocycles. The van der Waals surface area contributed by atoms with E-state index < -0.39 is 17.5 Å². The molecule has 136 valence electrons. The average molecular weight is 372 g/mol. The van der Waals surface area contributed by atoms with Crippen molar-refractivity contribution in [2.45, 2.75) is 0 Å². The highest BCUT2D eigenvalue weighted by Crippen LogP contribution is 2.33. The minimum absolute atomic E-state index is 0.0338. The Morgan fingerprint density at radius 3 is 1.61 bits per heavy atom. The molecule has 0 saturated heterocycles. The van der Waals surface area contributed by atoms with Crippen molar-refractivity contribution in [2.75, 3.05) is 0 Å². The zero-order chi connectivity index (χ0) is 19.7. The van der Waals surface area contributed by atoms with E-state index in [1.165, 1.54) is 18.2 Å². The largest absolute Gasteiger partial charge is 0.206 e. The topological polar surface area (TPSA) is 0 Å². The number of hydrogen-bond acceptors (Lipinski definition) is 0. The van der Waals surface area contributed by atoms with Crippen LogP contribution in [-0.2, 0) is 0 Å². The van der Waals surface area contributed by atoms with Crippen molar-refractivity contribution in [3.8, 4) is 33.4 Å². The van der Waals surface area contributed by atoms with Crippen LogP contribution in [0.5, 0.6) is 0 Å². The van der Waals surface area contributed by atoms with E-state index in [2.05, 4.69) is 0 Å². The summed E-state index contributed by atoms with van der Waals surface area (Å²) in [5, 5.41) is 0. The summed E-state index contributed by atoms with van der Waals surface area (Å²) in [6.45, 7) is 0. The number of rotatable bonds is 3. The first-order valence-electron chi connectivity index (χ1n) is 8.95. The average Bonchev–Trinajstić information content (AvgIpc) is 2.71. The fourth-order valence-corrected chi connectivity index (χ4v) is 3.26. The van der Waals surface area contributed by atoms with Crippen LogP contribution in [0.2, 0.25) is 0 Å². The predicted molar refractivity (Wildman–Crippen MR) is 111 cm³/mol. The van der Waals surface area contributed by atoms with Gasteiger partial charge in [0.25, 0.3) is 0 Å². The van der Waals surface area contributed by atoms with E-state index >= 15 is 0 Å². The van der Waals surface area contributed by atoms with Gasteiger partial charge in [0, 0.05) is 16.7 Å². The van der Waals surface area contributed by atoms with Gasteiger partial charge in [-0.15, -0.1) is 0 Å². The van der Waals surface area contributed by atoms with Gasteiger partial charge in [-0.1, -0.05) is 84.3 Å². The Bertz CT molecular complexity index is 1140. The van der Waals surface area contributed by atoms with Crippen LogP contribution in [0.1, 0.15) is 0 Å². The van der Waals surface area contributed by atoms with Crippen molar-refractivity contribution in [1.82, 2.24) is 0 Å². The van der Waals surface area contributed by atoms with E-state index in [0.717, 1.165) is 11.0 Å². The zero-order valence-electron chi connectivity index (χ0n) is 15.2. The first kappa shape index (κ1) is 18.1. The minimum Gasteiger partial charge on any atom is -0.206 e. The van der Waals surface area contributed by atoms with Gasteiger partial charge in [-0.05, 0) is 22.8 Å². The molecule has 0 spiro atoms. The van der Waals surface area contributed by atoms with Crippen LogP contribution in [0.15, 0.2) is 84.9 Å². The molecule has 0 atom stereocenters. The van der Waals surface area contributed by atoms with Crippen molar-refractivity contribution >= 4 is 13.3 Å². The molecular weight excluding hydrogens is 356 g/mol. The summed E-state index contributed by atoms with van der Waals surface area (Å²) in [7, 11) is 1.96.